The van der Waals surface area contributed by atoms with Crippen LogP contribution in [0.3, 0.4) is 0 Å². The monoisotopic (exact) mass is 391 g/mol. The molecule has 0 saturated heterocycles. The Balaban J connectivity index is 1.71. The van der Waals surface area contributed by atoms with Crippen molar-refractivity contribution in [1.29, 1.82) is 0 Å². The van der Waals surface area contributed by atoms with Crippen molar-refractivity contribution in [2.45, 2.75) is 6.42 Å². The molecule has 3 aromatic rings. The Kier molecular flexibility index (Phi) is 6.42. The smallest absolute Gasteiger partial charge is 0.293 e. The fourth-order valence-corrected chi connectivity index (χ4v) is 2.86. The number of nitrogens with one attached hydrogen (secondary N) is 2. The number of amides is 1. The summed E-state index contributed by atoms with van der Waals surface area (Å²) in [7, 11) is 1.54. The molecule has 3 aromatic carbocycles. The van der Waals surface area contributed by atoms with Gasteiger partial charge in [0.15, 0.2) is 0 Å². The van der Waals surface area contributed by atoms with Crippen molar-refractivity contribution in [3.05, 3.63) is 94.0 Å². The maximum atomic E-state index is 12.5. The second-order valence-corrected chi connectivity index (χ2v) is 6.34. The molecule has 0 aliphatic heterocycles. The number of hydrogen-bond donors (Lipinski definition) is 2. The summed E-state index contributed by atoms with van der Waals surface area (Å²) in [6, 6.07) is 21.1. The van der Waals surface area contributed by atoms with Crippen LogP contribution in [0.1, 0.15) is 15.9 Å². The first-order valence-corrected chi connectivity index (χ1v) is 9.08. The van der Waals surface area contributed by atoms with Crippen molar-refractivity contribution in [2.75, 3.05) is 24.3 Å². The summed E-state index contributed by atoms with van der Waals surface area (Å²) in [6.07, 6.45) is 0.732. The van der Waals surface area contributed by atoms with E-state index < -0.39 is 10.8 Å². The van der Waals surface area contributed by atoms with E-state index in [0.29, 0.717) is 23.7 Å². The van der Waals surface area contributed by atoms with E-state index in [9.17, 15) is 14.9 Å². The number of methoxy groups -OCH3 is 1. The van der Waals surface area contributed by atoms with Crippen LogP contribution in [0, 0.1) is 10.1 Å². The van der Waals surface area contributed by atoms with Crippen molar-refractivity contribution in [1.82, 2.24) is 0 Å². The Hall–Kier alpha value is -3.87. The van der Waals surface area contributed by atoms with Gasteiger partial charge in [-0.05, 0) is 36.2 Å². The van der Waals surface area contributed by atoms with Gasteiger partial charge in [0.1, 0.15) is 11.4 Å². The molecule has 7 nitrogen and oxygen atoms in total. The SMILES string of the molecule is COc1cccc(NC(=O)c2ccc(NCCc3ccccc3)c([N+](=O)[O-])c2)c1. The van der Waals surface area contributed by atoms with Gasteiger partial charge >= 0.3 is 0 Å². The molecule has 2 N–H and O–H groups in total. The maximum Gasteiger partial charge on any atom is 0.293 e. The van der Waals surface area contributed by atoms with Crippen LogP contribution in [0.2, 0.25) is 0 Å². The molecule has 148 valence electrons. The van der Waals surface area contributed by atoms with Gasteiger partial charge < -0.3 is 15.4 Å². The lowest BCUT2D eigenvalue weighted by molar-refractivity contribution is -0.384. The zero-order chi connectivity index (χ0) is 20.6. The van der Waals surface area contributed by atoms with Gasteiger partial charge in [0.05, 0.1) is 12.0 Å². The first-order valence-electron chi connectivity index (χ1n) is 9.08. The molecule has 0 spiro atoms. The molecule has 0 aromatic heterocycles. The van der Waals surface area contributed by atoms with Crippen LogP contribution in [-0.4, -0.2) is 24.5 Å². The summed E-state index contributed by atoms with van der Waals surface area (Å²) in [5.41, 5.74) is 2.12. The Morgan fingerprint density at radius 3 is 2.55 bits per heavy atom. The maximum absolute atomic E-state index is 12.5. The van der Waals surface area contributed by atoms with E-state index in [4.69, 9.17) is 4.74 Å². The number of ether oxygens (including phenoxy) is 1. The summed E-state index contributed by atoms with van der Waals surface area (Å²) in [5.74, 6) is 0.170. The molecule has 0 fully saturated rings. The zero-order valence-corrected chi connectivity index (χ0v) is 15.9. The van der Waals surface area contributed by atoms with Crippen LogP contribution in [0.4, 0.5) is 17.1 Å². The third kappa shape index (κ3) is 5.32. The third-order valence-corrected chi connectivity index (χ3v) is 4.36. The number of carbonyl (C=O) groups is 1. The summed E-state index contributed by atoms with van der Waals surface area (Å²) in [5, 5.41) is 17.3. The summed E-state index contributed by atoms with van der Waals surface area (Å²) in [4.78, 5) is 23.5. The minimum absolute atomic E-state index is 0.142. The molecular weight excluding hydrogens is 370 g/mol. The fraction of sp³-hybridized carbons (Fsp3) is 0.136. The van der Waals surface area contributed by atoms with Crippen molar-refractivity contribution >= 4 is 23.0 Å². The first kappa shape index (κ1) is 19.9. The van der Waals surface area contributed by atoms with E-state index in [-0.39, 0.29) is 11.3 Å². The van der Waals surface area contributed by atoms with E-state index in [1.807, 2.05) is 30.3 Å². The number of nitrogens with zero attached hydrogens (tertiary/aromatic N) is 1. The molecule has 7 heteroatoms. The molecule has 0 aliphatic rings. The number of carbonyl (C=O) groups excluding carboxylic acids is 1. The van der Waals surface area contributed by atoms with Gasteiger partial charge in [-0.2, -0.15) is 0 Å². The third-order valence-electron chi connectivity index (χ3n) is 4.36. The second-order valence-electron chi connectivity index (χ2n) is 6.34. The van der Waals surface area contributed by atoms with Crippen molar-refractivity contribution in [3.8, 4) is 5.75 Å². The normalized spacial score (nSPS) is 10.2. The summed E-state index contributed by atoms with van der Waals surface area (Å²) >= 11 is 0. The highest BCUT2D eigenvalue weighted by atomic mass is 16.6. The quantitative estimate of drug-likeness (QED) is 0.435. The van der Waals surface area contributed by atoms with Gasteiger partial charge in [0.25, 0.3) is 11.6 Å². The molecule has 0 unspecified atom stereocenters. The van der Waals surface area contributed by atoms with Gasteiger partial charge in [0.2, 0.25) is 0 Å². The van der Waals surface area contributed by atoms with E-state index in [2.05, 4.69) is 10.6 Å². The lowest BCUT2D eigenvalue weighted by Crippen LogP contribution is -2.13. The van der Waals surface area contributed by atoms with Gasteiger partial charge in [-0.15, -0.1) is 0 Å². The Bertz CT molecular complexity index is 1010. The first-order chi connectivity index (χ1) is 14.1. The predicted molar refractivity (Wildman–Crippen MR) is 113 cm³/mol. The van der Waals surface area contributed by atoms with Crippen molar-refractivity contribution < 1.29 is 14.5 Å². The molecular formula is C22H21N3O4. The number of rotatable bonds is 8. The molecule has 29 heavy (non-hydrogen) atoms. The molecule has 0 bridgehead atoms. The average molecular weight is 391 g/mol. The van der Waals surface area contributed by atoms with E-state index in [0.717, 1.165) is 12.0 Å². The minimum Gasteiger partial charge on any atom is -0.497 e. The summed E-state index contributed by atoms with van der Waals surface area (Å²) in [6.45, 7) is 0.542. The lowest BCUT2D eigenvalue weighted by atomic mass is 10.1. The van der Waals surface area contributed by atoms with Crippen LogP contribution < -0.4 is 15.4 Å². The van der Waals surface area contributed by atoms with Crippen molar-refractivity contribution in [3.63, 3.8) is 0 Å². The number of benzene rings is 3. The number of hydrogen-bond acceptors (Lipinski definition) is 5. The Morgan fingerprint density at radius 2 is 1.83 bits per heavy atom. The van der Waals surface area contributed by atoms with E-state index >= 15 is 0 Å². The van der Waals surface area contributed by atoms with Crippen LogP contribution in [0.15, 0.2) is 72.8 Å². The second kappa shape index (κ2) is 9.36. The van der Waals surface area contributed by atoms with Crippen LogP contribution >= 0.6 is 0 Å². The van der Waals surface area contributed by atoms with Gasteiger partial charge in [-0.25, -0.2) is 0 Å². The molecule has 0 radical (unpaired) electrons. The number of nitro benzene ring substituents is 1. The lowest BCUT2D eigenvalue weighted by Gasteiger charge is -2.10. The van der Waals surface area contributed by atoms with Gasteiger partial charge in [0, 0.05) is 29.9 Å². The largest absolute Gasteiger partial charge is 0.497 e. The number of anilines is 2. The number of nitro groups is 1. The highest BCUT2D eigenvalue weighted by Gasteiger charge is 2.17. The molecule has 1 amide bonds. The molecule has 0 aliphatic carbocycles. The highest BCUT2D eigenvalue weighted by molar-refractivity contribution is 6.05. The average Bonchev–Trinajstić information content (AvgIpc) is 2.74. The standard InChI is InChI=1S/C22H21N3O4/c1-29-19-9-5-8-18(15-19)24-22(26)17-10-11-20(21(14-17)25(27)28)23-13-12-16-6-3-2-4-7-16/h2-11,14-15,23H,12-13H2,1H3,(H,24,26). The van der Waals surface area contributed by atoms with Crippen LogP contribution in [0.5, 0.6) is 5.75 Å². The van der Waals surface area contributed by atoms with E-state index in [1.54, 1.807) is 36.4 Å². The molecule has 0 atom stereocenters. The van der Waals surface area contributed by atoms with Crippen LogP contribution in [-0.2, 0) is 6.42 Å². The Morgan fingerprint density at radius 1 is 1.03 bits per heavy atom. The fourth-order valence-electron chi connectivity index (χ4n) is 2.86. The topological polar surface area (TPSA) is 93.5 Å². The predicted octanol–water partition coefficient (Wildman–Crippen LogP) is 4.51. The molecule has 0 saturated carbocycles. The summed E-state index contributed by atoms with van der Waals surface area (Å²) < 4.78 is 5.13. The minimum atomic E-state index is -0.493. The van der Waals surface area contributed by atoms with E-state index in [1.165, 1.54) is 13.2 Å². The van der Waals surface area contributed by atoms with Crippen molar-refractivity contribution in [2.24, 2.45) is 0 Å². The Labute approximate surface area is 168 Å². The van der Waals surface area contributed by atoms with Gasteiger partial charge in [-0.3, -0.25) is 14.9 Å². The highest BCUT2D eigenvalue weighted by Crippen LogP contribution is 2.26. The van der Waals surface area contributed by atoms with Gasteiger partial charge in [-0.1, -0.05) is 36.4 Å². The zero-order valence-electron chi connectivity index (χ0n) is 15.9. The van der Waals surface area contributed by atoms with Crippen LogP contribution in [0.25, 0.3) is 0 Å². The molecule has 3 rings (SSSR count). The molecule has 0 heterocycles.